The van der Waals surface area contributed by atoms with E-state index in [1.807, 2.05) is 35.6 Å². The van der Waals surface area contributed by atoms with Gasteiger partial charge in [0.25, 0.3) is 0 Å². The molecular weight excluding hydrogens is 502 g/mol. The average Bonchev–Trinajstić information content (AvgIpc) is 3.48. The molecule has 0 spiro atoms. The summed E-state index contributed by atoms with van der Waals surface area (Å²) in [6.07, 6.45) is 5.11. The molecule has 1 N–H and O–H groups in total. The molecule has 3 heterocycles. The number of nitrogens with one attached hydrogen (secondary N) is 1. The first-order valence-electron chi connectivity index (χ1n) is 13.7. The van der Waals surface area contributed by atoms with Crippen molar-refractivity contribution in [3.63, 3.8) is 0 Å². The number of nitrogens with zero attached hydrogens (tertiary/aromatic N) is 4. The van der Waals surface area contributed by atoms with Crippen molar-refractivity contribution in [2.45, 2.75) is 70.9 Å². The van der Waals surface area contributed by atoms with Crippen molar-refractivity contribution in [2.75, 3.05) is 11.5 Å². The van der Waals surface area contributed by atoms with E-state index in [9.17, 15) is 4.79 Å². The van der Waals surface area contributed by atoms with Crippen LogP contribution in [0.4, 0.5) is 17.1 Å². The van der Waals surface area contributed by atoms with Crippen LogP contribution in [0.1, 0.15) is 37.0 Å². The van der Waals surface area contributed by atoms with Gasteiger partial charge < -0.3 is 9.72 Å². The third-order valence-corrected chi connectivity index (χ3v) is 9.78. The van der Waals surface area contributed by atoms with Gasteiger partial charge in [-0.3, -0.25) is 9.69 Å². The van der Waals surface area contributed by atoms with E-state index in [0.717, 1.165) is 71.1 Å². The number of ether oxygens (including phenoxy) is 1. The first-order chi connectivity index (χ1) is 18.6. The van der Waals surface area contributed by atoms with Crippen molar-refractivity contribution >= 4 is 41.9 Å². The minimum absolute atomic E-state index is 0.0435. The van der Waals surface area contributed by atoms with Crippen LogP contribution in [0.5, 0.6) is 0 Å². The number of aromatic nitrogens is 3. The van der Waals surface area contributed by atoms with Crippen LogP contribution >= 0.6 is 0 Å². The second kappa shape index (κ2) is 9.21. The van der Waals surface area contributed by atoms with Crippen molar-refractivity contribution in [3.05, 3.63) is 70.7 Å². The minimum Gasteiger partial charge on any atom is -0.360 e. The number of aromatic amines is 1. The summed E-state index contributed by atoms with van der Waals surface area (Å²) in [7, 11) is -1.13. The number of benzene rings is 2. The highest BCUT2D eigenvalue weighted by Gasteiger charge is 2.45. The van der Waals surface area contributed by atoms with Crippen LogP contribution in [0.25, 0.3) is 27.1 Å². The normalized spacial score (nSPS) is 16.1. The van der Waals surface area contributed by atoms with Gasteiger partial charge >= 0.3 is 0 Å². The first kappa shape index (κ1) is 25.6. The molecule has 0 fully saturated rings. The third kappa shape index (κ3) is 4.40. The van der Waals surface area contributed by atoms with Gasteiger partial charge in [-0.2, -0.15) is 5.10 Å². The van der Waals surface area contributed by atoms with Gasteiger partial charge in [0.1, 0.15) is 12.4 Å². The summed E-state index contributed by atoms with van der Waals surface area (Å²) in [5.41, 5.74) is 8.25. The van der Waals surface area contributed by atoms with Crippen LogP contribution in [0.15, 0.2) is 42.6 Å². The van der Waals surface area contributed by atoms with Gasteiger partial charge in [0.2, 0.25) is 5.91 Å². The van der Waals surface area contributed by atoms with E-state index in [-0.39, 0.29) is 5.91 Å². The molecule has 1 aliphatic carbocycles. The summed E-state index contributed by atoms with van der Waals surface area (Å²) >= 11 is 0. The van der Waals surface area contributed by atoms with Gasteiger partial charge in [-0.1, -0.05) is 31.8 Å². The zero-order valence-corrected chi connectivity index (χ0v) is 24.4. The molecule has 2 aromatic heterocycles. The fraction of sp³-hybridized carbons (Fsp3) is 0.387. The van der Waals surface area contributed by atoms with Crippen LogP contribution in [0.3, 0.4) is 0 Å². The molecule has 1 aliphatic heterocycles. The summed E-state index contributed by atoms with van der Waals surface area (Å²) in [6, 6.07) is 12.7. The Labute approximate surface area is 230 Å². The highest BCUT2D eigenvalue weighted by Crippen LogP contribution is 2.48. The van der Waals surface area contributed by atoms with Gasteiger partial charge in [0.15, 0.2) is 5.69 Å². The number of hydrogen-bond donors (Lipinski definition) is 1. The number of fused-ring (bicyclic) bond motifs is 6. The fourth-order valence-electron chi connectivity index (χ4n) is 5.78. The molecule has 2 aromatic carbocycles. The Kier molecular flexibility index (Phi) is 6.05. The van der Waals surface area contributed by atoms with E-state index in [1.54, 1.807) is 12.1 Å². The SMILES string of the molecule is [C-]#[N+]c1ccc(N2C(=O)C(C)(C)c3cc4[nH]c5c(c4cc32)CCCc2cn(COCC[Si](C)(C)C)nc2-5)cc1. The van der Waals surface area contributed by atoms with Crippen LogP contribution in [-0.2, 0) is 34.5 Å². The molecular formula is C31H35N5O2Si. The Bertz CT molecular complexity index is 1630. The van der Waals surface area contributed by atoms with E-state index >= 15 is 0 Å². The number of aryl methyl sites for hydroxylation is 2. The Morgan fingerprint density at radius 3 is 2.64 bits per heavy atom. The van der Waals surface area contributed by atoms with E-state index < -0.39 is 13.5 Å². The van der Waals surface area contributed by atoms with Crippen molar-refractivity contribution in [3.8, 4) is 11.4 Å². The zero-order valence-electron chi connectivity index (χ0n) is 23.4. The average molecular weight is 538 g/mol. The summed E-state index contributed by atoms with van der Waals surface area (Å²) in [4.78, 5) is 22.7. The minimum atomic E-state index is -1.13. The maximum absolute atomic E-state index is 13.6. The molecule has 0 saturated heterocycles. The van der Waals surface area contributed by atoms with Crippen molar-refractivity contribution in [1.29, 1.82) is 0 Å². The second-order valence-electron chi connectivity index (χ2n) is 12.5. The molecule has 0 radical (unpaired) electrons. The lowest BCUT2D eigenvalue weighted by Gasteiger charge is -2.20. The monoisotopic (exact) mass is 537 g/mol. The van der Waals surface area contributed by atoms with Crippen molar-refractivity contribution in [2.24, 2.45) is 0 Å². The molecule has 0 atom stereocenters. The molecule has 4 aromatic rings. The second-order valence-corrected chi connectivity index (χ2v) is 18.2. The molecule has 6 rings (SSSR count). The Hall–Kier alpha value is -3.67. The molecule has 7 nitrogen and oxygen atoms in total. The van der Waals surface area contributed by atoms with Crippen LogP contribution in [-0.4, -0.2) is 35.4 Å². The molecule has 200 valence electrons. The molecule has 8 heteroatoms. The highest BCUT2D eigenvalue weighted by molar-refractivity contribution is 6.76. The summed E-state index contributed by atoms with van der Waals surface area (Å²) in [5, 5.41) is 6.11. The molecule has 2 aliphatic rings. The van der Waals surface area contributed by atoms with E-state index in [2.05, 4.69) is 47.8 Å². The van der Waals surface area contributed by atoms with Gasteiger partial charge in [-0.15, -0.1) is 0 Å². The van der Waals surface area contributed by atoms with Gasteiger partial charge in [-0.05, 0) is 80.1 Å². The quantitative estimate of drug-likeness (QED) is 0.159. The fourth-order valence-corrected chi connectivity index (χ4v) is 6.54. The van der Waals surface area contributed by atoms with E-state index in [0.29, 0.717) is 12.4 Å². The Balaban J connectivity index is 1.39. The maximum Gasteiger partial charge on any atom is 0.241 e. The van der Waals surface area contributed by atoms with Gasteiger partial charge in [0, 0.05) is 37.5 Å². The third-order valence-electron chi connectivity index (χ3n) is 8.08. The maximum atomic E-state index is 13.6. The number of amides is 1. The van der Waals surface area contributed by atoms with Crippen molar-refractivity contribution < 1.29 is 9.53 Å². The lowest BCUT2D eigenvalue weighted by atomic mass is 9.85. The highest BCUT2D eigenvalue weighted by atomic mass is 28.3. The standard InChI is InChI=1S/C31H35N5O2Si/c1-31(2)25-17-26-24(16-27(25)36(30(31)37)22-12-10-21(32-3)11-13-22)23-9-7-8-20-18-35(34-28(20)29(23)33-26)19-38-14-15-39(4,5)6/h10-13,16-18,33H,7-9,14-15,19H2,1-2,4-6H3. The number of carbonyl (C=O) groups excluding carboxylic acids is 1. The summed E-state index contributed by atoms with van der Waals surface area (Å²) in [6.45, 7) is 19.6. The lowest BCUT2D eigenvalue weighted by molar-refractivity contribution is -0.121. The number of H-pyrrole nitrogens is 1. The van der Waals surface area contributed by atoms with E-state index in [1.165, 1.54) is 11.1 Å². The number of anilines is 2. The predicted octanol–water partition coefficient (Wildman–Crippen LogP) is 7.34. The lowest BCUT2D eigenvalue weighted by Crippen LogP contribution is -2.33. The van der Waals surface area contributed by atoms with Gasteiger partial charge in [-0.25, -0.2) is 9.53 Å². The molecule has 0 bridgehead atoms. The Morgan fingerprint density at radius 2 is 1.92 bits per heavy atom. The molecule has 0 unspecified atom stereocenters. The van der Waals surface area contributed by atoms with Crippen LogP contribution in [0, 0.1) is 6.57 Å². The predicted molar refractivity (Wildman–Crippen MR) is 159 cm³/mol. The molecule has 1 amide bonds. The molecule has 0 saturated carbocycles. The van der Waals surface area contributed by atoms with E-state index in [4.69, 9.17) is 16.4 Å². The number of carbonyl (C=O) groups is 1. The molecule has 39 heavy (non-hydrogen) atoms. The zero-order chi connectivity index (χ0) is 27.5. The topological polar surface area (TPSA) is 67.5 Å². The Morgan fingerprint density at radius 1 is 1.15 bits per heavy atom. The number of rotatable bonds is 6. The number of hydrogen-bond acceptors (Lipinski definition) is 3. The first-order valence-corrected chi connectivity index (χ1v) is 17.4. The summed E-state index contributed by atoms with van der Waals surface area (Å²) < 4.78 is 7.91. The van der Waals surface area contributed by atoms with Crippen LogP contribution < -0.4 is 4.90 Å². The summed E-state index contributed by atoms with van der Waals surface area (Å²) in [5.74, 6) is 0.0435. The van der Waals surface area contributed by atoms with Crippen molar-refractivity contribution in [1.82, 2.24) is 14.8 Å². The smallest absolute Gasteiger partial charge is 0.241 e. The largest absolute Gasteiger partial charge is 0.360 e. The van der Waals surface area contributed by atoms with Gasteiger partial charge in [0.05, 0.1) is 23.4 Å². The van der Waals surface area contributed by atoms with Crippen LogP contribution in [0.2, 0.25) is 25.7 Å².